The van der Waals surface area contributed by atoms with E-state index in [1.807, 2.05) is 18.2 Å². The summed E-state index contributed by atoms with van der Waals surface area (Å²) in [6.07, 6.45) is 2.52. The molecule has 1 fully saturated rings. The fourth-order valence-electron chi connectivity index (χ4n) is 1.78. The van der Waals surface area contributed by atoms with Crippen molar-refractivity contribution in [2.45, 2.75) is 18.8 Å². The molecule has 1 aliphatic rings. The average Bonchev–Trinajstić information content (AvgIpc) is 3.02. The van der Waals surface area contributed by atoms with E-state index < -0.39 is 0 Å². The van der Waals surface area contributed by atoms with Crippen molar-refractivity contribution < 1.29 is 0 Å². The summed E-state index contributed by atoms with van der Waals surface area (Å²) >= 11 is 8.58. The Kier molecular flexibility index (Phi) is 2.36. The summed E-state index contributed by atoms with van der Waals surface area (Å²) in [5.41, 5.74) is 2.21. The maximum absolute atomic E-state index is 6.26. The standard InChI is InChI=1S/C12H9ClIN/c13-9-6-11(7-4-5-7)15-12-8(9)2-1-3-10(12)14/h1-3,6-7H,4-5H2. The molecular formula is C12H9ClIN. The van der Waals surface area contributed by atoms with Gasteiger partial charge >= 0.3 is 0 Å². The Labute approximate surface area is 107 Å². The van der Waals surface area contributed by atoms with E-state index in [0.29, 0.717) is 5.92 Å². The van der Waals surface area contributed by atoms with Gasteiger partial charge in [-0.1, -0.05) is 23.7 Å². The highest BCUT2D eigenvalue weighted by Gasteiger charge is 2.25. The Balaban J connectivity index is 2.32. The van der Waals surface area contributed by atoms with Crippen LogP contribution in [0.2, 0.25) is 5.02 Å². The highest BCUT2D eigenvalue weighted by molar-refractivity contribution is 14.1. The van der Waals surface area contributed by atoms with Gasteiger partial charge in [-0.2, -0.15) is 0 Å². The van der Waals surface area contributed by atoms with E-state index in [9.17, 15) is 0 Å². The Morgan fingerprint density at radius 2 is 2.13 bits per heavy atom. The van der Waals surface area contributed by atoms with Crippen molar-refractivity contribution in [3.8, 4) is 0 Å². The third kappa shape index (κ3) is 1.74. The van der Waals surface area contributed by atoms with Crippen LogP contribution >= 0.6 is 34.2 Å². The lowest BCUT2D eigenvalue weighted by Crippen LogP contribution is -1.90. The molecule has 2 aromatic rings. The normalized spacial score (nSPS) is 15.9. The zero-order chi connectivity index (χ0) is 10.4. The minimum absolute atomic E-state index is 0.655. The number of halogens is 2. The largest absolute Gasteiger partial charge is 0.251 e. The van der Waals surface area contributed by atoms with Gasteiger partial charge in [-0.05, 0) is 47.6 Å². The van der Waals surface area contributed by atoms with E-state index >= 15 is 0 Å². The number of rotatable bonds is 1. The van der Waals surface area contributed by atoms with Crippen LogP contribution in [0, 0.1) is 3.57 Å². The summed E-state index contributed by atoms with van der Waals surface area (Å²) in [6.45, 7) is 0. The highest BCUT2D eigenvalue weighted by Crippen LogP contribution is 2.41. The summed E-state index contributed by atoms with van der Waals surface area (Å²) in [4.78, 5) is 4.71. The van der Waals surface area contributed by atoms with Crippen molar-refractivity contribution in [3.05, 3.63) is 38.6 Å². The number of nitrogens with zero attached hydrogens (tertiary/aromatic N) is 1. The first-order valence-electron chi connectivity index (χ1n) is 5.00. The van der Waals surface area contributed by atoms with Crippen LogP contribution in [-0.4, -0.2) is 4.98 Å². The van der Waals surface area contributed by atoms with Crippen LogP contribution in [0.3, 0.4) is 0 Å². The molecule has 0 radical (unpaired) electrons. The molecule has 15 heavy (non-hydrogen) atoms. The molecule has 1 nitrogen and oxygen atoms in total. The lowest BCUT2D eigenvalue weighted by Gasteiger charge is -2.05. The fraction of sp³-hybridized carbons (Fsp3) is 0.250. The molecule has 1 aromatic heterocycles. The molecule has 0 N–H and O–H groups in total. The Morgan fingerprint density at radius 3 is 2.87 bits per heavy atom. The first-order valence-corrected chi connectivity index (χ1v) is 6.46. The molecule has 1 saturated carbocycles. The van der Waals surface area contributed by atoms with Crippen molar-refractivity contribution in [1.82, 2.24) is 4.98 Å². The first kappa shape index (κ1) is 9.85. The summed E-state index contributed by atoms with van der Waals surface area (Å²) in [7, 11) is 0. The molecule has 3 rings (SSSR count). The second-order valence-electron chi connectivity index (χ2n) is 3.94. The van der Waals surface area contributed by atoms with Gasteiger partial charge in [0.05, 0.1) is 10.5 Å². The molecular weight excluding hydrogens is 320 g/mol. The minimum Gasteiger partial charge on any atom is -0.251 e. The Bertz CT molecular complexity index is 534. The van der Waals surface area contributed by atoms with Gasteiger partial charge in [0.2, 0.25) is 0 Å². The molecule has 0 spiro atoms. The van der Waals surface area contributed by atoms with Gasteiger partial charge in [0, 0.05) is 20.6 Å². The lowest BCUT2D eigenvalue weighted by molar-refractivity contribution is 1.04. The number of para-hydroxylation sites is 1. The summed E-state index contributed by atoms with van der Waals surface area (Å²) in [6, 6.07) is 8.15. The molecule has 0 aliphatic heterocycles. The molecule has 1 heterocycles. The van der Waals surface area contributed by atoms with Crippen LogP contribution in [0.1, 0.15) is 24.5 Å². The number of aromatic nitrogens is 1. The van der Waals surface area contributed by atoms with Crippen LogP contribution in [0.25, 0.3) is 10.9 Å². The van der Waals surface area contributed by atoms with E-state index in [0.717, 1.165) is 21.6 Å². The predicted octanol–water partition coefficient (Wildman–Crippen LogP) is 4.37. The van der Waals surface area contributed by atoms with Gasteiger partial charge in [0.15, 0.2) is 0 Å². The molecule has 0 unspecified atom stereocenters. The van der Waals surface area contributed by atoms with E-state index in [1.54, 1.807) is 0 Å². The van der Waals surface area contributed by atoms with Crippen molar-refractivity contribution >= 4 is 45.1 Å². The molecule has 0 atom stereocenters. The minimum atomic E-state index is 0.655. The molecule has 0 bridgehead atoms. The topological polar surface area (TPSA) is 12.9 Å². The molecule has 0 amide bonds. The number of hydrogen-bond acceptors (Lipinski definition) is 1. The van der Waals surface area contributed by atoms with Gasteiger partial charge in [-0.15, -0.1) is 0 Å². The van der Waals surface area contributed by atoms with E-state index in [4.69, 9.17) is 16.6 Å². The molecule has 0 saturated heterocycles. The third-order valence-corrected chi connectivity index (χ3v) is 3.94. The highest BCUT2D eigenvalue weighted by atomic mass is 127. The van der Waals surface area contributed by atoms with E-state index in [-0.39, 0.29) is 0 Å². The number of pyridine rings is 1. The molecule has 1 aliphatic carbocycles. The lowest BCUT2D eigenvalue weighted by atomic mass is 10.1. The SMILES string of the molecule is Clc1cc(C2CC2)nc2c(I)cccc12. The van der Waals surface area contributed by atoms with Crippen molar-refractivity contribution in [3.63, 3.8) is 0 Å². The van der Waals surface area contributed by atoms with Gasteiger partial charge in [0.1, 0.15) is 0 Å². The maximum atomic E-state index is 6.26. The number of benzene rings is 1. The van der Waals surface area contributed by atoms with Crippen LogP contribution in [0.4, 0.5) is 0 Å². The molecule has 1 aromatic carbocycles. The van der Waals surface area contributed by atoms with Crippen molar-refractivity contribution in [1.29, 1.82) is 0 Å². The first-order chi connectivity index (χ1) is 7.25. The Hall–Kier alpha value is -0.350. The van der Waals surface area contributed by atoms with Crippen molar-refractivity contribution in [2.24, 2.45) is 0 Å². The summed E-state index contributed by atoms with van der Waals surface area (Å²) < 4.78 is 1.18. The van der Waals surface area contributed by atoms with E-state index in [2.05, 4.69) is 28.7 Å². The predicted molar refractivity (Wildman–Crippen MR) is 71.4 cm³/mol. The number of fused-ring (bicyclic) bond motifs is 1. The quantitative estimate of drug-likeness (QED) is 0.708. The molecule has 3 heteroatoms. The van der Waals surface area contributed by atoms with Gasteiger partial charge < -0.3 is 0 Å². The second kappa shape index (κ2) is 3.59. The van der Waals surface area contributed by atoms with Crippen LogP contribution < -0.4 is 0 Å². The van der Waals surface area contributed by atoms with Gasteiger partial charge in [0.25, 0.3) is 0 Å². The Morgan fingerprint density at radius 1 is 1.33 bits per heavy atom. The van der Waals surface area contributed by atoms with Crippen molar-refractivity contribution in [2.75, 3.05) is 0 Å². The fourth-order valence-corrected chi connectivity index (χ4v) is 2.66. The second-order valence-corrected chi connectivity index (χ2v) is 5.51. The third-order valence-electron chi connectivity index (χ3n) is 2.76. The summed E-state index contributed by atoms with van der Waals surface area (Å²) in [5, 5.41) is 1.90. The van der Waals surface area contributed by atoms with Gasteiger partial charge in [-0.25, -0.2) is 0 Å². The average molecular weight is 330 g/mol. The number of hydrogen-bond donors (Lipinski definition) is 0. The smallest absolute Gasteiger partial charge is 0.0853 e. The summed E-state index contributed by atoms with van der Waals surface area (Å²) in [5.74, 6) is 0.655. The van der Waals surface area contributed by atoms with Gasteiger partial charge in [-0.3, -0.25) is 4.98 Å². The maximum Gasteiger partial charge on any atom is 0.0853 e. The van der Waals surface area contributed by atoms with Crippen LogP contribution in [0.5, 0.6) is 0 Å². The monoisotopic (exact) mass is 329 g/mol. The van der Waals surface area contributed by atoms with Crippen LogP contribution in [0.15, 0.2) is 24.3 Å². The van der Waals surface area contributed by atoms with E-state index in [1.165, 1.54) is 16.4 Å². The molecule has 76 valence electrons. The van der Waals surface area contributed by atoms with Crippen LogP contribution in [-0.2, 0) is 0 Å². The zero-order valence-corrected chi connectivity index (χ0v) is 10.9. The zero-order valence-electron chi connectivity index (χ0n) is 8.00.